The molecule has 1 atom stereocenters. The van der Waals surface area contributed by atoms with Crippen molar-refractivity contribution in [3.8, 4) is 0 Å². The number of alkyl halides is 3. The van der Waals surface area contributed by atoms with Gasteiger partial charge in [-0.2, -0.15) is 13.2 Å². The summed E-state index contributed by atoms with van der Waals surface area (Å²) >= 11 is 18.7. The molecule has 0 aliphatic carbocycles. The van der Waals surface area contributed by atoms with E-state index in [1.54, 1.807) is 6.07 Å². The van der Waals surface area contributed by atoms with Crippen LogP contribution in [0, 0.1) is 0 Å². The smallest absolute Gasteiger partial charge is 0.382 e. The van der Waals surface area contributed by atoms with Crippen LogP contribution in [0.5, 0.6) is 0 Å². The Morgan fingerprint density at radius 1 is 0.872 bits per heavy atom. The third-order valence-electron chi connectivity index (χ3n) is 7.03. The number of aromatic amines is 1. The number of nitrogens with one attached hydrogen (secondary N) is 2. The molecule has 0 saturated carbocycles. The van der Waals surface area contributed by atoms with Gasteiger partial charge in [-0.3, -0.25) is 9.69 Å². The van der Waals surface area contributed by atoms with E-state index < -0.39 is 12.7 Å². The molecule has 2 heterocycles. The third-order valence-corrected chi connectivity index (χ3v) is 8.02. The number of pyridine rings is 1. The van der Waals surface area contributed by atoms with Gasteiger partial charge in [0.05, 0.1) is 22.1 Å². The minimum Gasteiger partial charge on any atom is -0.382 e. The Morgan fingerprint density at radius 2 is 1.51 bits per heavy atom. The van der Waals surface area contributed by atoms with E-state index in [0.29, 0.717) is 52.2 Å². The highest BCUT2D eigenvalue weighted by molar-refractivity contribution is 6.42. The van der Waals surface area contributed by atoms with Crippen LogP contribution in [0.2, 0.25) is 15.1 Å². The number of rotatable bonds is 6. The number of H-pyrrole nitrogens is 1. The lowest BCUT2D eigenvalue weighted by Gasteiger charge is -2.33. The van der Waals surface area contributed by atoms with Crippen LogP contribution in [0.25, 0.3) is 10.9 Å². The van der Waals surface area contributed by atoms with Crippen molar-refractivity contribution in [2.45, 2.75) is 31.0 Å². The van der Waals surface area contributed by atoms with Crippen molar-refractivity contribution in [2.24, 2.45) is 0 Å². The average Bonchev–Trinajstić information content (AvgIpc) is 2.88. The lowest BCUT2D eigenvalue weighted by atomic mass is 9.84. The molecule has 10 heteroatoms. The van der Waals surface area contributed by atoms with Crippen LogP contribution in [-0.2, 0) is 0 Å². The van der Waals surface area contributed by atoms with Crippen LogP contribution in [0.15, 0.2) is 71.5 Å². The maximum atomic E-state index is 12.8. The number of likely N-dealkylation sites (tertiary alicyclic amines) is 1. The van der Waals surface area contributed by atoms with Crippen LogP contribution in [-0.4, -0.2) is 41.7 Å². The fraction of sp³-hybridized carbons (Fsp3) is 0.276. The van der Waals surface area contributed by atoms with Gasteiger partial charge in [0.15, 0.2) is 0 Å². The normalized spacial score (nSPS) is 15.9. The Bertz CT molecular complexity index is 1530. The van der Waals surface area contributed by atoms with Crippen molar-refractivity contribution in [3.63, 3.8) is 0 Å². The number of aromatic nitrogens is 1. The van der Waals surface area contributed by atoms with E-state index in [0.717, 1.165) is 22.1 Å². The molecule has 1 aliphatic heterocycles. The summed E-state index contributed by atoms with van der Waals surface area (Å²) in [6.07, 6.45) is -3.13. The third kappa shape index (κ3) is 6.72. The van der Waals surface area contributed by atoms with Crippen LogP contribution in [0.4, 0.5) is 18.9 Å². The molecule has 0 radical (unpaired) electrons. The quantitative estimate of drug-likeness (QED) is 0.222. The Labute approximate surface area is 238 Å². The second kappa shape index (κ2) is 11.4. The first kappa shape index (κ1) is 27.8. The maximum absolute atomic E-state index is 12.8. The molecule has 0 amide bonds. The van der Waals surface area contributed by atoms with Crippen molar-refractivity contribution in [2.75, 3.05) is 25.0 Å². The van der Waals surface area contributed by atoms with Crippen molar-refractivity contribution in [1.29, 1.82) is 0 Å². The van der Waals surface area contributed by atoms with E-state index in [1.807, 2.05) is 54.6 Å². The highest BCUT2D eigenvalue weighted by Gasteiger charge is 2.32. The van der Waals surface area contributed by atoms with E-state index in [2.05, 4.69) is 10.3 Å². The van der Waals surface area contributed by atoms with Crippen molar-refractivity contribution in [3.05, 3.63) is 109 Å². The van der Waals surface area contributed by atoms with Crippen molar-refractivity contribution < 1.29 is 13.2 Å². The van der Waals surface area contributed by atoms with Gasteiger partial charge in [0.1, 0.15) is 0 Å². The Morgan fingerprint density at radius 3 is 2.18 bits per heavy atom. The number of hydrogen-bond donors (Lipinski definition) is 2. The number of fused-ring (bicyclic) bond motifs is 1. The van der Waals surface area contributed by atoms with Gasteiger partial charge in [-0.1, -0.05) is 59.1 Å². The number of hydrogen-bond acceptors (Lipinski definition) is 3. The number of benzene rings is 3. The van der Waals surface area contributed by atoms with Crippen LogP contribution >= 0.6 is 34.8 Å². The number of piperidine rings is 1. The van der Waals surface area contributed by atoms with E-state index >= 15 is 0 Å². The predicted molar refractivity (Wildman–Crippen MR) is 153 cm³/mol. The van der Waals surface area contributed by atoms with Gasteiger partial charge < -0.3 is 10.3 Å². The Balaban J connectivity index is 1.50. The maximum Gasteiger partial charge on any atom is 0.401 e. The predicted octanol–water partition coefficient (Wildman–Crippen LogP) is 8.11. The lowest BCUT2D eigenvalue weighted by Crippen LogP contribution is -2.43. The molecular formula is C29H25Cl3F3N3O. The second-order valence-electron chi connectivity index (χ2n) is 9.82. The fourth-order valence-corrected chi connectivity index (χ4v) is 5.64. The molecule has 1 aliphatic rings. The highest BCUT2D eigenvalue weighted by atomic mass is 35.5. The monoisotopic (exact) mass is 593 g/mol. The molecule has 5 rings (SSSR count). The summed E-state index contributed by atoms with van der Waals surface area (Å²) in [5.74, 6) is -0.202. The Hall–Kier alpha value is -2.71. The van der Waals surface area contributed by atoms with Crippen molar-refractivity contribution >= 4 is 51.4 Å². The van der Waals surface area contributed by atoms with Crippen LogP contribution in [0.3, 0.4) is 0 Å². The molecule has 1 unspecified atom stereocenters. The van der Waals surface area contributed by atoms with Crippen LogP contribution < -0.4 is 10.9 Å². The molecule has 3 aromatic carbocycles. The lowest BCUT2D eigenvalue weighted by molar-refractivity contribution is -0.147. The molecule has 1 fully saturated rings. The average molecular weight is 595 g/mol. The molecule has 4 nitrogen and oxygen atoms in total. The Kier molecular flexibility index (Phi) is 8.15. The topological polar surface area (TPSA) is 48.1 Å². The molecule has 1 aromatic heterocycles. The van der Waals surface area contributed by atoms with Crippen LogP contribution in [0.1, 0.15) is 35.4 Å². The molecule has 0 bridgehead atoms. The standard InChI is InChI=1S/C29H25Cl3F3N3O/c30-20-5-1-17(2-6-20)28(19-3-7-23(31)24(32)14-19)18-4-8-25-22(13-18)26(15-27(39)37-25)36-21-9-11-38(12-10-21)16-29(33,34)35/h1-8,13-15,21,28H,9-12,16H2,(H2,36,37,39). The van der Waals surface area contributed by atoms with Gasteiger partial charge >= 0.3 is 6.18 Å². The van der Waals surface area contributed by atoms with E-state index in [9.17, 15) is 18.0 Å². The van der Waals surface area contributed by atoms with Gasteiger partial charge in [-0.05, 0) is 65.9 Å². The molecule has 4 aromatic rings. The molecule has 39 heavy (non-hydrogen) atoms. The molecule has 204 valence electrons. The van der Waals surface area contributed by atoms with E-state index in [1.165, 1.54) is 11.0 Å². The summed E-state index contributed by atoms with van der Waals surface area (Å²) in [7, 11) is 0. The van der Waals surface area contributed by atoms with E-state index in [-0.39, 0.29) is 17.5 Å². The summed E-state index contributed by atoms with van der Waals surface area (Å²) < 4.78 is 38.4. The summed E-state index contributed by atoms with van der Waals surface area (Å²) in [6.45, 7) is -0.239. The highest BCUT2D eigenvalue weighted by Crippen LogP contribution is 2.37. The molecule has 2 N–H and O–H groups in total. The minimum absolute atomic E-state index is 0.0507. The van der Waals surface area contributed by atoms with Gasteiger partial charge in [0.2, 0.25) is 5.56 Å². The van der Waals surface area contributed by atoms with E-state index in [4.69, 9.17) is 34.8 Å². The summed E-state index contributed by atoms with van der Waals surface area (Å²) in [5, 5.41) is 5.76. The zero-order valence-corrected chi connectivity index (χ0v) is 22.9. The first-order valence-electron chi connectivity index (χ1n) is 12.5. The molecular weight excluding hydrogens is 570 g/mol. The second-order valence-corrected chi connectivity index (χ2v) is 11.1. The first-order valence-corrected chi connectivity index (χ1v) is 13.6. The van der Waals surface area contributed by atoms with Gasteiger partial charge in [0, 0.05) is 47.2 Å². The minimum atomic E-state index is -4.21. The number of nitrogens with zero attached hydrogens (tertiary/aromatic N) is 1. The molecule has 1 saturated heterocycles. The SMILES string of the molecule is O=c1cc(NC2CCN(CC(F)(F)F)CC2)c2cc(C(c3ccc(Cl)cc3)c3ccc(Cl)c(Cl)c3)ccc2[nH]1. The summed E-state index contributed by atoms with van der Waals surface area (Å²) in [4.78, 5) is 16.8. The number of halogens is 6. The van der Waals surface area contributed by atoms with Gasteiger partial charge in [-0.15, -0.1) is 0 Å². The summed E-state index contributed by atoms with van der Waals surface area (Å²) in [6, 6.07) is 20.4. The molecule has 0 spiro atoms. The van der Waals surface area contributed by atoms with Gasteiger partial charge in [0.25, 0.3) is 0 Å². The largest absolute Gasteiger partial charge is 0.401 e. The number of anilines is 1. The zero-order chi connectivity index (χ0) is 27.7. The van der Waals surface area contributed by atoms with Gasteiger partial charge in [-0.25, -0.2) is 0 Å². The first-order chi connectivity index (χ1) is 18.6. The van der Waals surface area contributed by atoms with Crippen molar-refractivity contribution in [1.82, 2.24) is 9.88 Å². The summed E-state index contributed by atoms with van der Waals surface area (Å²) in [5.41, 5.74) is 3.93. The zero-order valence-electron chi connectivity index (χ0n) is 20.7. The fourth-order valence-electron chi connectivity index (χ4n) is 5.20.